The Morgan fingerprint density at radius 2 is 1.39 bits per heavy atom. The minimum absolute atomic E-state index is 0.725. The summed E-state index contributed by atoms with van der Waals surface area (Å²) in [6, 6.07) is 17.6. The molecule has 1 heterocycles. The number of nitrogens with zero attached hydrogens (tertiary/aromatic N) is 2. The van der Waals surface area contributed by atoms with Gasteiger partial charge >= 0.3 is 0 Å². The summed E-state index contributed by atoms with van der Waals surface area (Å²) in [5.41, 5.74) is 0. The van der Waals surface area contributed by atoms with Gasteiger partial charge in [0.2, 0.25) is 0 Å². The first kappa shape index (κ1) is 15.8. The molecule has 4 heteroatoms. The van der Waals surface area contributed by atoms with Crippen molar-refractivity contribution in [2.75, 3.05) is 46.4 Å². The Morgan fingerprint density at radius 3 is 2.09 bits per heavy atom. The molecule has 0 aromatic heterocycles. The maximum Gasteiger partial charge on any atom is 0.127 e. The van der Waals surface area contributed by atoms with Crippen LogP contribution in [0.4, 0.5) is 0 Å². The van der Waals surface area contributed by atoms with Gasteiger partial charge < -0.3 is 14.4 Å². The van der Waals surface area contributed by atoms with Gasteiger partial charge in [0, 0.05) is 32.7 Å². The Balaban J connectivity index is 1.42. The van der Waals surface area contributed by atoms with Crippen molar-refractivity contribution in [1.82, 2.24) is 9.80 Å². The van der Waals surface area contributed by atoms with E-state index in [2.05, 4.69) is 16.8 Å². The Labute approximate surface area is 138 Å². The van der Waals surface area contributed by atoms with E-state index in [9.17, 15) is 0 Å². The molecule has 0 amide bonds. The number of likely N-dealkylation sites (N-methyl/N-ethyl adjacent to an activating group) is 1. The highest BCUT2D eigenvalue weighted by molar-refractivity contribution is 5.35. The van der Waals surface area contributed by atoms with Crippen LogP contribution in [-0.4, -0.2) is 56.2 Å². The standard InChI is InChI=1S/C19H24N2O2/c1-20-11-13-21(14-12-20)15-16-22-17-7-9-19(10-8-17)23-18-5-3-2-4-6-18/h2-10H,11-16H2,1H3. The van der Waals surface area contributed by atoms with Gasteiger partial charge in [0.05, 0.1) is 0 Å². The predicted molar refractivity (Wildman–Crippen MR) is 92.4 cm³/mol. The Kier molecular flexibility index (Phi) is 5.51. The second-order valence-electron chi connectivity index (χ2n) is 5.88. The van der Waals surface area contributed by atoms with Crippen molar-refractivity contribution in [3.63, 3.8) is 0 Å². The molecular formula is C19H24N2O2. The van der Waals surface area contributed by atoms with Gasteiger partial charge in [-0.2, -0.15) is 0 Å². The SMILES string of the molecule is CN1CCN(CCOc2ccc(Oc3ccccc3)cc2)CC1. The second kappa shape index (κ2) is 7.99. The number of rotatable bonds is 6. The zero-order chi connectivity index (χ0) is 15.9. The normalized spacial score (nSPS) is 16.2. The number of piperazine rings is 1. The van der Waals surface area contributed by atoms with E-state index in [1.54, 1.807) is 0 Å². The first-order chi connectivity index (χ1) is 11.3. The summed E-state index contributed by atoms with van der Waals surface area (Å²) >= 11 is 0. The van der Waals surface area contributed by atoms with E-state index in [0.717, 1.165) is 56.6 Å². The molecule has 0 saturated carbocycles. The molecule has 3 rings (SSSR count). The molecule has 0 N–H and O–H groups in total. The van der Waals surface area contributed by atoms with Gasteiger partial charge in [0.25, 0.3) is 0 Å². The van der Waals surface area contributed by atoms with E-state index in [0.29, 0.717) is 0 Å². The molecule has 1 saturated heterocycles. The van der Waals surface area contributed by atoms with Crippen molar-refractivity contribution in [2.24, 2.45) is 0 Å². The van der Waals surface area contributed by atoms with E-state index in [1.807, 2.05) is 54.6 Å². The van der Waals surface area contributed by atoms with E-state index in [4.69, 9.17) is 9.47 Å². The van der Waals surface area contributed by atoms with E-state index in [-0.39, 0.29) is 0 Å². The Hall–Kier alpha value is -2.04. The molecule has 4 nitrogen and oxygen atoms in total. The highest BCUT2D eigenvalue weighted by atomic mass is 16.5. The zero-order valence-electron chi connectivity index (χ0n) is 13.6. The van der Waals surface area contributed by atoms with Gasteiger partial charge in [-0.15, -0.1) is 0 Å². The molecule has 0 radical (unpaired) electrons. The molecule has 0 aliphatic carbocycles. The van der Waals surface area contributed by atoms with Crippen LogP contribution in [0.2, 0.25) is 0 Å². The summed E-state index contributed by atoms with van der Waals surface area (Å²) in [4.78, 5) is 4.82. The molecule has 2 aromatic carbocycles. The minimum Gasteiger partial charge on any atom is -0.492 e. The van der Waals surface area contributed by atoms with Crippen molar-refractivity contribution in [3.8, 4) is 17.2 Å². The highest BCUT2D eigenvalue weighted by Crippen LogP contribution is 2.23. The molecule has 0 atom stereocenters. The van der Waals surface area contributed by atoms with Gasteiger partial charge in [-0.1, -0.05) is 18.2 Å². The maximum atomic E-state index is 5.83. The fourth-order valence-electron chi connectivity index (χ4n) is 2.59. The lowest BCUT2D eigenvalue weighted by atomic mass is 10.3. The fraction of sp³-hybridized carbons (Fsp3) is 0.368. The van der Waals surface area contributed by atoms with E-state index in [1.165, 1.54) is 0 Å². The van der Waals surface area contributed by atoms with Gasteiger partial charge in [-0.3, -0.25) is 4.90 Å². The molecule has 1 aliphatic rings. The largest absolute Gasteiger partial charge is 0.492 e. The van der Waals surface area contributed by atoms with E-state index >= 15 is 0 Å². The number of hydrogen-bond acceptors (Lipinski definition) is 4. The van der Waals surface area contributed by atoms with Crippen LogP contribution in [-0.2, 0) is 0 Å². The Morgan fingerprint density at radius 1 is 0.783 bits per heavy atom. The lowest BCUT2D eigenvalue weighted by Crippen LogP contribution is -2.45. The average Bonchev–Trinajstić information content (AvgIpc) is 2.59. The summed E-state index contributed by atoms with van der Waals surface area (Å²) in [6.45, 7) is 6.25. The van der Waals surface area contributed by atoms with Crippen molar-refractivity contribution in [1.29, 1.82) is 0 Å². The van der Waals surface area contributed by atoms with Crippen molar-refractivity contribution >= 4 is 0 Å². The first-order valence-electron chi connectivity index (χ1n) is 8.16. The van der Waals surface area contributed by atoms with Crippen molar-refractivity contribution < 1.29 is 9.47 Å². The molecule has 0 spiro atoms. The van der Waals surface area contributed by atoms with Crippen LogP contribution in [0.3, 0.4) is 0 Å². The maximum absolute atomic E-state index is 5.83. The second-order valence-corrected chi connectivity index (χ2v) is 5.88. The quantitative estimate of drug-likeness (QED) is 0.818. The first-order valence-corrected chi connectivity index (χ1v) is 8.16. The van der Waals surface area contributed by atoms with Crippen LogP contribution in [0.1, 0.15) is 0 Å². The molecule has 1 fully saturated rings. The summed E-state index contributed by atoms with van der Waals surface area (Å²) in [5, 5.41) is 0. The van der Waals surface area contributed by atoms with Crippen molar-refractivity contribution in [3.05, 3.63) is 54.6 Å². The molecule has 0 bridgehead atoms. The third kappa shape index (κ3) is 4.98. The van der Waals surface area contributed by atoms with Crippen LogP contribution in [0.25, 0.3) is 0 Å². The molecule has 122 valence electrons. The number of para-hydroxylation sites is 1. The topological polar surface area (TPSA) is 24.9 Å². The lowest BCUT2D eigenvalue weighted by Gasteiger charge is -2.32. The van der Waals surface area contributed by atoms with Gasteiger partial charge in [0.15, 0.2) is 0 Å². The fourth-order valence-corrected chi connectivity index (χ4v) is 2.59. The van der Waals surface area contributed by atoms with Crippen molar-refractivity contribution in [2.45, 2.75) is 0 Å². The molecule has 2 aromatic rings. The third-order valence-electron chi connectivity index (χ3n) is 4.07. The van der Waals surface area contributed by atoms with Crippen LogP contribution in [0.15, 0.2) is 54.6 Å². The van der Waals surface area contributed by atoms with Gasteiger partial charge in [0.1, 0.15) is 23.9 Å². The van der Waals surface area contributed by atoms with Gasteiger partial charge in [-0.25, -0.2) is 0 Å². The molecule has 1 aliphatic heterocycles. The summed E-state index contributed by atoms with van der Waals surface area (Å²) in [7, 11) is 2.17. The van der Waals surface area contributed by atoms with Crippen LogP contribution < -0.4 is 9.47 Å². The highest BCUT2D eigenvalue weighted by Gasteiger charge is 2.13. The third-order valence-corrected chi connectivity index (χ3v) is 4.07. The average molecular weight is 312 g/mol. The van der Waals surface area contributed by atoms with Gasteiger partial charge in [-0.05, 0) is 43.4 Å². The van der Waals surface area contributed by atoms with Crippen LogP contribution in [0.5, 0.6) is 17.2 Å². The molecular weight excluding hydrogens is 288 g/mol. The minimum atomic E-state index is 0.725. The number of hydrogen-bond donors (Lipinski definition) is 0. The summed E-state index contributed by atoms with van der Waals surface area (Å²) < 4.78 is 11.6. The van der Waals surface area contributed by atoms with Crippen LogP contribution in [0, 0.1) is 0 Å². The lowest BCUT2D eigenvalue weighted by molar-refractivity contribution is 0.133. The zero-order valence-corrected chi connectivity index (χ0v) is 13.6. The molecule has 0 unspecified atom stereocenters. The molecule has 23 heavy (non-hydrogen) atoms. The summed E-state index contributed by atoms with van der Waals surface area (Å²) in [5.74, 6) is 2.55. The number of ether oxygens (including phenoxy) is 2. The number of benzene rings is 2. The summed E-state index contributed by atoms with van der Waals surface area (Å²) in [6.07, 6.45) is 0. The smallest absolute Gasteiger partial charge is 0.127 e. The monoisotopic (exact) mass is 312 g/mol. The van der Waals surface area contributed by atoms with E-state index < -0.39 is 0 Å². The van der Waals surface area contributed by atoms with Crippen LogP contribution >= 0.6 is 0 Å². The Bertz CT molecular complexity index is 578. The predicted octanol–water partition coefficient (Wildman–Crippen LogP) is 3.11.